The number of thioether (sulfide) groups is 1. The first kappa shape index (κ1) is 17.9. The summed E-state index contributed by atoms with van der Waals surface area (Å²) >= 11 is 0.976. The number of esters is 1. The topological polar surface area (TPSA) is 55.8 Å². The number of nitrogens with zero attached hydrogens (tertiary/aromatic N) is 1. The van der Waals surface area contributed by atoms with Gasteiger partial charge in [-0.15, -0.1) is 0 Å². The molecule has 0 fully saturated rings. The normalized spacial score (nSPS) is 10.1. The number of carbonyl (C=O) groups is 2. The van der Waals surface area contributed by atoms with Gasteiger partial charge in [-0.3, -0.25) is 4.79 Å². The van der Waals surface area contributed by atoms with Gasteiger partial charge < -0.3 is 14.4 Å². The third-order valence-electron chi connectivity index (χ3n) is 3.17. The standard InChI is InChI=1S/C18H19NO4S/c1-19(2)18(21)24-16-10-9-14(11-15(16)17(20)22-3)23-12-13-7-5-4-6-8-13/h4-11H,12H2,1-3H3. The zero-order valence-electron chi connectivity index (χ0n) is 13.8. The number of carbonyl (C=O) groups excluding carboxylic acids is 2. The van der Waals surface area contributed by atoms with Crippen LogP contribution in [0.1, 0.15) is 15.9 Å². The van der Waals surface area contributed by atoms with Crippen LogP contribution >= 0.6 is 11.8 Å². The Balaban J connectivity index is 2.19. The molecule has 0 aliphatic rings. The molecule has 0 spiro atoms. The first-order valence-electron chi connectivity index (χ1n) is 7.29. The molecular weight excluding hydrogens is 326 g/mol. The Hall–Kier alpha value is -2.47. The van der Waals surface area contributed by atoms with Gasteiger partial charge in [0.15, 0.2) is 0 Å². The molecule has 0 aliphatic carbocycles. The lowest BCUT2D eigenvalue weighted by Crippen LogP contribution is -2.16. The molecule has 1 amide bonds. The molecule has 0 radical (unpaired) electrons. The van der Waals surface area contributed by atoms with Crippen LogP contribution in [0.15, 0.2) is 53.4 Å². The van der Waals surface area contributed by atoms with Crippen molar-refractivity contribution in [1.29, 1.82) is 0 Å². The monoisotopic (exact) mass is 345 g/mol. The number of amides is 1. The summed E-state index contributed by atoms with van der Waals surface area (Å²) in [7, 11) is 4.62. The smallest absolute Gasteiger partial charge is 0.339 e. The average Bonchev–Trinajstić information content (AvgIpc) is 2.60. The second-order valence-corrected chi connectivity index (χ2v) is 6.18. The number of ether oxygens (including phenoxy) is 2. The Morgan fingerprint density at radius 3 is 2.42 bits per heavy atom. The van der Waals surface area contributed by atoms with Crippen LogP contribution in [0.5, 0.6) is 5.75 Å². The zero-order valence-corrected chi connectivity index (χ0v) is 14.6. The lowest BCUT2D eigenvalue weighted by atomic mass is 10.2. The van der Waals surface area contributed by atoms with E-state index >= 15 is 0 Å². The second-order valence-electron chi connectivity index (χ2n) is 5.19. The molecule has 0 saturated heterocycles. The third-order valence-corrected chi connectivity index (χ3v) is 4.28. The highest BCUT2D eigenvalue weighted by Gasteiger charge is 2.17. The predicted molar refractivity (Wildman–Crippen MR) is 93.5 cm³/mol. The van der Waals surface area contributed by atoms with Crippen LogP contribution in [0.4, 0.5) is 4.79 Å². The summed E-state index contributed by atoms with van der Waals surface area (Å²) < 4.78 is 10.5. The lowest BCUT2D eigenvalue weighted by molar-refractivity contribution is 0.0596. The molecule has 0 atom stereocenters. The minimum absolute atomic E-state index is 0.168. The van der Waals surface area contributed by atoms with Crippen LogP contribution in [-0.2, 0) is 11.3 Å². The van der Waals surface area contributed by atoms with E-state index in [1.165, 1.54) is 12.0 Å². The van der Waals surface area contributed by atoms with Gasteiger partial charge in [-0.1, -0.05) is 30.3 Å². The number of benzene rings is 2. The van der Waals surface area contributed by atoms with E-state index in [1.54, 1.807) is 32.3 Å². The second kappa shape index (κ2) is 8.40. The van der Waals surface area contributed by atoms with Gasteiger partial charge in [0.2, 0.25) is 0 Å². The van der Waals surface area contributed by atoms with Crippen molar-refractivity contribution in [3.05, 3.63) is 59.7 Å². The molecule has 0 heterocycles. The Labute approximate surface area is 145 Å². The maximum atomic E-state index is 12.0. The summed E-state index contributed by atoms with van der Waals surface area (Å²) in [6.07, 6.45) is 0. The molecule has 2 aromatic rings. The minimum atomic E-state index is -0.505. The van der Waals surface area contributed by atoms with Crippen molar-refractivity contribution in [3.8, 4) is 5.75 Å². The van der Waals surface area contributed by atoms with E-state index in [0.29, 0.717) is 22.8 Å². The van der Waals surface area contributed by atoms with Gasteiger partial charge in [0, 0.05) is 19.0 Å². The highest BCUT2D eigenvalue weighted by Crippen LogP contribution is 2.29. The molecule has 5 nitrogen and oxygen atoms in total. The molecule has 6 heteroatoms. The molecule has 24 heavy (non-hydrogen) atoms. The highest BCUT2D eigenvalue weighted by molar-refractivity contribution is 8.13. The predicted octanol–water partition coefficient (Wildman–Crippen LogP) is 3.83. The summed E-state index contributed by atoms with van der Waals surface area (Å²) in [5, 5.41) is -0.168. The molecule has 2 aromatic carbocycles. The van der Waals surface area contributed by atoms with Crippen LogP contribution in [0.2, 0.25) is 0 Å². The zero-order chi connectivity index (χ0) is 17.5. The highest BCUT2D eigenvalue weighted by atomic mass is 32.2. The molecule has 126 valence electrons. The van der Waals surface area contributed by atoms with Gasteiger partial charge in [0.1, 0.15) is 12.4 Å². The Kier molecular flexibility index (Phi) is 6.26. The maximum absolute atomic E-state index is 12.0. The van der Waals surface area contributed by atoms with Gasteiger partial charge in [-0.2, -0.15) is 0 Å². The van der Waals surface area contributed by atoms with Crippen molar-refractivity contribution in [1.82, 2.24) is 4.90 Å². The molecule has 0 bridgehead atoms. The first-order chi connectivity index (χ1) is 11.5. The Morgan fingerprint density at radius 2 is 1.79 bits per heavy atom. The van der Waals surface area contributed by atoms with E-state index in [9.17, 15) is 9.59 Å². The summed E-state index contributed by atoms with van der Waals surface area (Å²) in [4.78, 5) is 25.9. The molecule has 0 unspecified atom stereocenters. The van der Waals surface area contributed by atoms with Crippen LogP contribution in [0.3, 0.4) is 0 Å². The van der Waals surface area contributed by atoms with Gasteiger partial charge in [0.25, 0.3) is 5.24 Å². The van der Waals surface area contributed by atoms with Gasteiger partial charge in [-0.05, 0) is 35.5 Å². The summed E-state index contributed by atoms with van der Waals surface area (Å²) in [5.74, 6) is 0.0372. The maximum Gasteiger partial charge on any atom is 0.339 e. The minimum Gasteiger partial charge on any atom is -0.489 e. The molecule has 0 saturated carbocycles. The molecule has 2 rings (SSSR count). The number of hydrogen-bond acceptors (Lipinski definition) is 5. The number of hydrogen-bond donors (Lipinski definition) is 0. The quantitative estimate of drug-likeness (QED) is 0.609. The van der Waals surface area contributed by atoms with Crippen LogP contribution in [0, 0.1) is 0 Å². The van der Waals surface area contributed by atoms with Crippen LogP contribution in [-0.4, -0.2) is 37.3 Å². The van der Waals surface area contributed by atoms with Crippen molar-refractivity contribution in [2.75, 3.05) is 21.2 Å². The molecule has 0 N–H and O–H groups in total. The summed E-state index contributed by atoms with van der Waals surface area (Å²) in [6.45, 7) is 0.393. The van der Waals surface area contributed by atoms with Crippen molar-refractivity contribution in [2.45, 2.75) is 11.5 Å². The Bertz CT molecular complexity index is 716. The van der Waals surface area contributed by atoms with E-state index < -0.39 is 5.97 Å². The van der Waals surface area contributed by atoms with Crippen molar-refractivity contribution in [2.24, 2.45) is 0 Å². The van der Waals surface area contributed by atoms with Gasteiger partial charge in [-0.25, -0.2) is 4.79 Å². The van der Waals surface area contributed by atoms with Crippen LogP contribution < -0.4 is 4.74 Å². The van der Waals surface area contributed by atoms with E-state index in [4.69, 9.17) is 9.47 Å². The fraction of sp³-hybridized carbons (Fsp3) is 0.222. The average molecular weight is 345 g/mol. The van der Waals surface area contributed by atoms with Crippen molar-refractivity contribution < 1.29 is 19.1 Å². The SMILES string of the molecule is COC(=O)c1cc(OCc2ccccc2)ccc1SC(=O)N(C)C. The molecule has 0 aliphatic heterocycles. The van der Waals surface area contributed by atoms with E-state index in [0.717, 1.165) is 17.3 Å². The molecule has 0 aromatic heterocycles. The van der Waals surface area contributed by atoms with E-state index in [-0.39, 0.29) is 5.24 Å². The van der Waals surface area contributed by atoms with E-state index in [2.05, 4.69) is 0 Å². The molecular formula is C18H19NO4S. The Morgan fingerprint density at radius 1 is 1.08 bits per heavy atom. The van der Waals surface area contributed by atoms with Crippen molar-refractivity contribution >= 4 is 23.0 Å². The third kappa shape index (κ3) is 4.76. The lowest BCUT2D eigenvalue weighted by Gasteiger charge is -2.13. The fourth-order valence-corrected chi connectivity index (χ4v) is 2.64. The summed E-state index contributed by atoms with van der Waals surface area (Å²) in [5.41, 5.74) is 1.33. The largest absolute Gasteiger partial charge is 0.489 e. The fourth-order valence-electron chi connectivity index (χ4n) is 1.88. The van der Waals surface area contributed by atoms with E-state index in [1.807, 2.05) is 30.3 Å². The number of methoxy groups -OCH3 is 1. The van der Waals surface area contributed by atoms with Gasteiger partial charge in [0.05, 0.1) is 12.7 Å². The van der Waals surface area contributed by atoms with Gasteiger partial charge >= 0.3 is 5.97 Å². The van der Waals surface area contributed by atoms with Crippen LogP contribution in [0.25, 0.3) is 0 Å². The number of rotatable bonds is 5. The van der Waals surface area contributed by atoms with Crippen molar-refractivity contribution in [3.63, 3.8) is 0 Å². The first-order valence-corrected chi connectivity index (χ1v) is 8.11. The summed E-state index contributed by atoms with van der Waals surface area (Å²) in [6, 6.07) is 14.8.